The second-order valence-electron chi connectivity index (χ2n) is 5.61. The first-order valence-electron chi connectivity index (χ1n) is 8.17. The van der Waals surface area contributed by atoms with E-state index in [9.17, 15) is 4.79 Å². The van der Waals surface area contributed by atoms with Crippen LogP contribution < -0.4 is 11.1 Å². The molecule has 0 aliphatic carbocycles. The number of nitrogens with one attached hydrogen (secondary N) is 1. The Balaban J connectivity index is 1.69. The van der Waals surface area contributed by atoms with Crippen LogP contribution in [0.1, 0.15) is 25.3 Å². The van der Waals surface area contributed by atoms with Crippen LogP contribution in [0.3, 0.4) is 0 Å². The largest absolute Gasteiger partial charge is 0.450 e. The van der Waals surface area contributed by atoms with Gasteiger partial charge in [-0.15, -0.1) is 0 Å². The highest BCUT2D eigenvalue weighted by atomic mass is 35.5. The zero-order chi connectivity index (χ0) is 17.4. The Morgan fingerprint density at radius 1 is 1.50 bits per heavy atom. The van der Waals surface area contributed by atoms with Crippen LogP contribution in [0, 0.1) is 0 Å². The van der Waals surface area contributed by atoms with E-state index in [-0.39, 0.29) is 12.1 Å². The lowest BCUT2D eigenvalue weighted by molar-refractivity contribution is 0.0963. The van der Waals surface area contributed by atoms with Gasteiger partial charge in [0.15, 0.2) is 5.96 Å². The van der Waals surface area contributed by atoms with Gasteiger partial charge in [-0.25, -0.2) is 9.78 Å². The number of carbonyl (C=O) groups excluding carboxylic acids is 1. The minimum absolute atomic E-state index is 0.233. The van der Waals surface area contributed by atoms with Gasteiger partial charge in [0.1, 0.15) is 5.15 Å². The lowest BCUT2D eigenvalue weighted by Gasteiger charge is -2.31. The van der Waals surface area contributed by atoms with Gasteiger partial charge in [0, 0.05) is 31.9 Å². The minimum Gasteiger partial charge on any atom is -0.450 e. The van der Waals surface area contributed by atoms with Crippen LogP contribution in [0.5, 0.6) is 0 Å². The monoisotopic (exact) mass is 353 g/mol. The average Bonchev–Trinajstić information content (AvgIpc) is 2.57. The van der Waals surface area contributed by atoms with Crippen LogP contribution in [-0.2, 0) is 11.2 Å². The average molecular weight is 354 g/mol. The summed E-state index contributed by atoms with van der Waals surface area (Å²) >= 11 is 5.75. The third-order valence-electron chi connectivity index (χ3n) is 3.84. The van der Waals surface area contributed by atoms with Crippen molar-refractivity contribution in [2.75, 3.05) is 26.2 Å². The van der Waals surface area contributed by atoms with E-state index in [4.69, 9.17) is 22.1 Å². The maximum absolute atomic E-state index is 11.6. The number of pyridine rings is 1. The molecule has 1 aromatic rings. The number of aromatic nitrogens is 1. The Hall–Kier alpha value is -2.02. The van der Waals surface area contributed by atoms with Gasteiger partial charge in [0.25, 0.3) is 0 Å². The summed E-state index contributed by atoms with van der Waals surface area (Å²) in [5, 5.41) is 3.70. The number of amides is 1. The first kappa shape index (κ1) is 18.3. The quantitative estimate of drug-likeness (QED) is 0.478. The van der Waals surface area contributed by atoms with Crippen molar-refractivity contribution < 1.29 is 9.53 Å². The first-order chi connectivity index (χ1) is 11.6. The lowest BCUT2D eigenvalue weighted by Crippen LogP contribution is -2.48. The predicted octanol–water partition coefficient (Wildman–Crippen LogP) is 1.80. The standard InChI is InChI=1S/C16H24ClN5O2/c1-2-24-16(23)22-9-6-13(7-10-22)21-15(18)19-8-5-12-3-4-14(17)20-11-12/h3-4,11,13H,2,5-10H2,1H3,(H3,18,19,21). The van der Waals surface area contributed by atoms with Gasteiger partial charge in [0.05, 0.1) is 6.61 Å². The summed E-state index contributed by atoms with van der Waals surface area (Å²) in [5.41, 5.74) is 7.00. The molecule has 8 heteroatoms. The topological polar surface area (TPSA) is 92.8 Å². The van der Waals surface area contributed by atoms with Crippen molar-refractivity contribution in [1.29, 1.82) is 0 Å². The minimum atomic E-state index is -0.242. The van der Waals surface area contributed by atoms with E-state index in [1.54, 1.807) is 17.2 Å². The molecule has 0 atom stereocenters. The number of piperidine rings is 1. The second kappa shape index (κ2) is 9.32. The molecule has 1 saturated heterocycles. The van der Waals surface area contributed by atoms with E-state index in [0.29, 0.717) is 37.4 Å². The van der Waals surface area contributed by atoms with Crippen molar-refractivity contribution in [1.82, 2.24) is 15.2 Å². The molecule has 2 heterocycles. The molecule has 0 saturated carbocycles. The van der Waals surface area contributed by atoms with Crippen molar-refractivity contribution in [3.8, 4) is 0 Å². The molecule has 3 N–H and O–H groups in total. The molecule has 1 aliphatic rings. The Bertz CT molecular complexity index is 556. The summed E-state index contributed by atoms with van der Waals surface area (Å²) in [7, 11) is 0. The van der Waals surface area contributed by atoms with Crippen LogP contribution in [0.2, 0.25) is 5.15 Å². The molecule has 132 valence electrons. The molecule has 0 aromatic carbocycles. The van der Waals surface area contributed by atoms with Crippen LogP contribution in [0.15, 0.2) is 23.3 Å². The number of hydrogen-bond donors (Lipinski definition) is 2. The molecule has 0 spiro atoms. The number of nitrogens with two attached hydrogens (primary N) is 1. The molecule has 2 rings (SSSR count). The smallest absolute Gasteiger partial charge is 0.409 e. The van der Waals surface area contributed by atoms with Gasteiger partial charge in [-0.2, -0.15) is 0 Å². The van der Waals surface area contributed by atoms with E-state index >= 15 is 0 Å². The van der Waals surface area contributed by atoms with Gasteiger partial charge in [-0.1, -0.05) is 17.7 Å². The van der Waals surface area contributed by atoms with Gasteiger partial charge < -0.3 is 20.7 Å². The van der Waals surface area contributed by atoms with Crippen molar-refractivity contribution >= 4 is 23.7 Å². The molecule has 1 aromatic heterocycles. The fraction of sp³-hybridized carbons (Fsp3) is 0.562. The van der Waals surface area contributed by atoms with E-state index < -0.39 is 0 Å². The highest BCUT2D eigenvalue weighted by Crippen LogP contribution is 2.11. The van der Waals surface area contributed by atoms with Crippen LogP contribution in [0.4, 0.5) is 4.79 Å². The lowest BCUT2D eigenvalue weighted by atomic mass is 10.1. The zero-order valence-corrected chi connectivity index (χ0v) is 14.6. The van der Waals surface area contributed by atoms with E-state index in [1.165, 1.54) is 0 Å². The highest BCUT2D eigenvalue weighted by molar-refractivity contribution is 6.29. The Morgan fingerprint density at radius 3 is 2.88 bits per heavy atom. The van der Waals surface area contributed by atoms with Crippen LogP contribution in [-0.4, -0.2) is 54.2 Å². The number of nitrogens with zero attached hydrogens (tertiary/aromatic N) is 3. The molecule has 24 heavy (non-hydrogen) atoms. The first-order valence-corrected chi connectivity index (χ1v) is 8.55. The van der Waals surface area contributed by atoms with Gasteiger partial charge in [0.2, 0.25) is 0 Å². The normalized spacial score (nSPS) is 16.1. The van der Waals surface area contributed by atoms with Crippen molar-refractivity contribution in [3.05, 3.63) is 29.0 Å². The number of guanidine groups is 1. The molecule has 7 nitrogen and oxygen atoms in total. The maximum atomic E-state index is 11.6. The van der Waals surface area contributed by atoms with Crippen molar-refractivity contribution in [3.63, 3.8) is 0 Å². The molecule has 0 bridgehead atoms. The Morgan fingerprint density at radius 2 is 2.25 bits per heavy atom. The van der Waals surface area contributed by atoms with Gasteiger partial charge >= 0.3 is 6.09 Å². The second-order valence-corrected chi connectivity index (χ2v) is 6.00. The summed E-state index contributed by atoms with van der Waals surface area (Å²) in [6.07, 6.45) is 3.92. The fourth-order valence-corrected chi connectivity index (χ4v) is 2.65. The summed E-state index contributed by atoms with van der Waals surface area (Å²) in [5.74, 6) is 0.437. The maximum Gasteiger partial charge on any atom is 0.409 e. The van der Waals surface area contributed by atoms with Crippen molar-refractivity contribution in [2.45, 2.75) is 32.2 Å². The molecule has 1 amide bonds. The SMILES string of the molecule is CCOC(=O)N1CCC(NC(N)=NCCc2ccc(Cl)nc2)CC1. The van der Waals surface area contributed by atoms with E-state index in [2.05, 4.69) is 15.3 Å². The van der Waals surface area contributed by atoms with Gasteiger partial charge in [-0.3, -0.25) is 4.99 Å². The molecule has 0 unspecified atom stereocenters. The summed E-state index contributed by atoms with van der Waals surface area (Å²) in [6, 6.07) is 3.93. The summed E-state index contributed by atoms with van der Waals surface area (Å²) in [6.45, 7) is 4.13. The van der Waals surface area contributed by atoms with E-state index in [1.807, 2.05) is 13.0 Å². The molecule has 0 radical (unpaired) electrons. The third-order valence-corrected chi connectivity index (χ3v) is 4.07. The number of halogens is 1. The molecular formula is C16H24ClN5O2. The number of likely N-dealkylation sites (tertiary alicyclic amines) is 1. The Labute approximate surface area is 147 Å². The number of rotatable bonds is 5. The number of carbonyl (C=O) groups is 1. The number of aliphatic imine (C=N–C) groups is 1. The number of hydrogen-bond acceptors (Lipinski definition) is 4. The van der Waals surface area contributed by atoms with Crippen LogP contribution in [0.25, 0.3) is 0 Å². The van der Waals surface area contributed by atoms with Crippen molar-refractivity contribution in [2.24, 2.45) is 10.7 Å². The fourth-order valence-electron chi connectivity index (χ4n) is 2.54. The highest BCUT2D eigenvalue weighted by Gasteiger charge is 2.23. The van der Waals surface area contributed by atoms with Gasteiger partial charge in [-0.05, 0) is 37.8 Å². The van der Waals surface area contributed by atoms with E-state index in [0.717, 1.165) is 24.8 Å². The molecular weight excluding hydrogens is 330 g/mol. The van der Waals surface area contributed by atoms with Crippen LogP contribution >= 0.6 is 11.6 Å². The molecule has 1 aliphatic heterocycles. The predicted molar refractivity (Wildman–Crippen MR) is 94.2 cm³/mol. The summed E-state index contributed by atoms with van der Waals surface area (Å²) < 4.78 is 5.00. The number of ether oxygens (including phenoxy) is 1. The molecule has 1 fully saturated rings. The third kappa shape index (κ3) is 5.88. The zero-order valence-electron chi connectivity index (χ0n) is 13.9. The summed E-state index contributed by atoms with van der Waals surface area (Å²) in [4.78, 5) is 21.7. The Kier molecular flexibility index (Phi) is 7.11.